The molecule has 4 atom stereocenters. The van der Waals surface area contributed by atoms with E-state index in [0.29, 0.717) is 6.42 Å². The van der Waals surface area contributed by atoms with Gasteiger partial charge in [0.25, 0.3) is 0 Å². The van der Waals surface area contributed by atoms with Crippen LogP contribution in [0, 0.1) is 0 Å². The van der Waals surface area contributed by atoms with Crippen molar-refractivity contribution in [2.24, 2.45) is 5.11 Å². The molecule has 7 heteroatoms. The molecule has 3 aromatic rings. The maximum absolute atomic E-state index is 13.0. The van der Waals surface area contributed by atoms with Gasteiger partial charge in [-0.3, -0.25) is 0 Å². The number of nitrogens with one attached hydrogen (secondary N) is 1. The number of hydrogen-bond donors (Lipinski definition) is 2. The fraction of sp³-hybridized carbons (Fsp3) is 0.367. The van der Waals surface area contributed by atoms with E-state index in [1.807, 2.05) is 91.0 Å². The number of azide groups is 1. The third kappa shape index (κ3) is 8.10. The Kier molecular flexibility index (Phi) is 9.34. The van der Waals surface area contributed by atoms with E-state index in [4.69, 9.17) is 4.74 Å². The second-order valence-corrected chi connectivity index (χ2v) is 10.5. The van der Waals surface area contributed by atoms with E-state index < -0.39 is 29.4 Å². The quantitative estimate of drug-likeness (QED) is 0.180. The lowest BCUT2D eigenvalue weighted by atomic mass is 9.78. The maximum Gasteiger partial charge on any atom is 0.407 e. The summed E-state index contributed by atoms with van der Waals surface area (Å²) in [7, 11) is 0. The van der Waals surface area contributed by atoms with Gasteiger partial charge in [-0.15, -0.1) is 0 Å². The summed E-state index contributed by atoms with van der Waals surface area (Å²) in [5, 5.41) is 18.8. The number of hydrogen-bond acceptors (Lipinski definition) is 4. The number of ether oxygens (including phenoxy) is 1. The normalized spacial score (nSPS) is 15.4. The van der Waals surface area contributed by atoms with E-state index in [1.54, 1.807) is 27.7 Å². The summed E-state index contributed by atoms with van der Waals surface area (Å²) in [6.07, 6.45) is -1.00. The molecule has 3 rings (SSSR count). The van der Waals surface area contributed by atoms with Gasteiger partial charge in [0.15, 0.2) is 0 Å². The molecule has 3 aromatic carbocycles. The molecule has 1 amide bonds. The summed E-state index contributed by atoms with van der Waals surface area (Å²) in [5.41, 5.74) is 10.4. The first kappa shape index (κ1) is 27.8. The minimum atomic E-state index is -1.06. The highest BCUT2D eigenvalue weighted by Crippen LogP contribution is 2.35. The van der Waals surface area contributed by atoms with E-state index in [1.165, 1.54) is 0 Å². The SMILES string of the molecule is CC(C)(C)OC(=O)N[C@@H](C(Cc1ccccc1)c1ccccc1)[C@@H](O)C[C@](C)(N=[N+]=[N-])c1ccccc1. The molecule has 194 valence electrons. The Morgan fingerprint density at radius 3 is 2.03 bits per heavy atom. The Bertz CT molecular complexity index is 1180. The molecule has 0 aliphatic rings. The zero-order valence-corrected chi connectivity index (χ0v) is 21.9. The minimum absolute atomic E-state index is 0.0969. The lowest BCUT2D eigenvalue weighted by Crippen LogP contribution is -2.50. The van der Waals surface area contributed by atoms with Gasteiger partial charge in [0, 0.05) is 10.8 Å². The Morgan fingerprint density at radius 1 is 0.946 bits per heavy atom. The molecular formula is C30H36N4O3. The van der Waals surface area contributed by atoms with E-state index in [0.717, 1.165) is 16.7 Å². The maximum atomic E-state index is 13.0. The van der Waals surface area contributed by atoms with Crippen molar-refractivity contribution >= 4 is 6.09 Å². The highest BCUT2D eigenvalue weighted by Gasteiger charge is 2.37. The van der Waals surface area contributed by atoms with Crippen LogP contribution in [-0.2, 0) is 16.7 Å². The smallest absolute Gasteiger partial charge is 0.407 e. The summed E-state index contributed by atoms with van der Waals surface area (Å²) in [4.78, 5) is 16.1. The van der Waals surface area contributed by atoms with Crippen molar-refractivity contribution in [3.05, 3.63) is 118 Å². The Labute approximate surface area is 219 Å². The number of carbonyl (C=O) groups is 1. The molecule has 0 saturated heterocycles. The molecule has 0 aromatic heterocycles. The monoisotopic (exact) mass is 500 g/mol. The predicted molar refractivity (Wildman–Crippen MR) is 146 cm³/mol. The summed E-state index contributed by atoms with van der Waals surface area (Å²) in [5.74, 6) is -0.280. The van der Waals surface area contributed by atoms with Crippen LogP contribution in [-0.4, -0.2) is 28.9 Å². The van der Waals surface area contributed by atoms with Crippen LogP contribution in [0.3, 0.4) is 0 Å². The molecule has 7 nitrogen and oxygen atoms in total. The van der Waals surface area contributed by atoms with Crippen molar-refractivity contribution in [1.29, 1.82) is 0 Å². The summed E-state index contributed by atoms with van der Waals surface area (Å²) in [6.45, 7) is 7.19. The van der Waals surface area contributed by atoms with Gasteiger partial charge in [-0.05, 0) is 62.8 Å². The van der Waals surface area contributed by atoms with Crippen LogP contribution in [0.2, 0.25) is 0 Å². The van der Waals surface area contributed by atoms with Crippen LogP contribution in [0.5, 0.6) is 0 Å². The van der Waals surface area contributed by atoms with Crippen LogP contribution >= 0.6 is 0 Å². The van der Waals surface area contributed by atoms with Gasteiger partial charge in [0.1, 0.15) is 5.60 Å². The summed E-state index contributed by atoms with van der Waals surface area (Å²) < 4.78 is 5.57. The van der Waals surface area contributed by atoms with Gasteiger partial charge < -0.3 is 15.2 Å². The Balaban J connectivity index is 2.03. The first-order chi connectivity index (χ1) is 17.6. The van der Waals surface area contributed by atoms with Gasteiger partial charge in [-0.25, -0.2) is 4.79 Å². The van der Waals surface area contributed by atoms with Gasteiger partial charge in [0.2, 0.25) is 0 Å². The summed E-state index contributed by atoms with van der Waals surface area (Å²) in [6, 6.07) is 28.4. The number of aliphatic hydroxyl groups excluding tert-OH is 1. The van der Waals surface area contributed by atoms with E-state index >= 15 is 0 Å². The number of benzene rings is 3. The minimum Gasteiger partial charge on any atom is -0.444 e. The lowest BCUT2D eigenvalue weighted by Gasteiger charge is -2.36. The van der Waals surface area contributed by atoms with Crippen molar-refractivity contribution < 1.29 is 14.6 Å². The largest absolute Gasteiger partial charge is 0.444 e. The number of amides is 1. The van der Waals surface area contributed by atoms with Crippen molar-refractivity contribution in [3.63, 3.8) is 0 Å². The molecule has 37 heavy (non-hydrogen) atoms. The molecule has 0 aliphatic carbocycles. The average Bonchev–Trinajstić information content (AvgIpc) is 2.87. The van der Waals surface area contributed by atoms with Crippen LogP contribution in [0.15, 0.2) is 96.1 Å². The topological polar surface area (TPSA) is 107 Å². The molecule has 0 aliphatic heterocycles. The average molecular weight is 501 g/mol. The third-order valence-electron chi connectivity index (χ3n) is 6.33. The van der Waals surface area contributed by atoms with Crippen LogP contribution in [0.25, 0.3) is 10.4 Å². The third-order valence-corrected chi connectivity index (χ3v) is 6.33. The molecule has 1 unspecified atom stereocenters. The van der Waals surface area contributed by atoms with Crippen LogP contribution < -0.4 is 5.32 Å². The van der Waals surface area contributed by atoms with Crippen molar-refractivity contribution in [3.8, 4) is 0 Å². The van der Waals surface area contributed by atoms with Crippen LogP contribution in [0.1, 0.15) is 56.7 Å². The highest BCUT2D eigenvalue weighted by atomic mass is 16.6. The molecule has 0 radical (unpaired) electrons. The van der Waals surface area contributed by atoms with E-state index in [-0.39, 0.29) is 12.3 Å². The molecule has 0 fully saturated rings. The van der Waals surface area contributed by atoms with E-state index in [2.05, 4.69) is 15.3 Å². The molecule has 0 heterocycles. The number of rotatable bonds is 10. The number of carbonyl (C=O) groups excluding carboxylic acids is 1. The van der Waals surface area contributed by atoms with Crippen LogP contribution in [0.4, 0.5) is 4.79 Å². The molecule has 0 bridgehead atoms. The van der Waals surface area contributed by atoms with Gasteiger partial charge in [-0.2, -0.15) is 0 Å². The zero-order valence-electron chi connectivity index (χ0n) is 21.9. The van der Waals surface area contributed by atoms with Crippen molar-refractivity contribution in [2.75, 3.05) is 0 Å². The highest BCUT2D eigenvalue weighted by molar-refractivity contribution is 5.68. The first-order valence-electron chi connectivity index (χ1n) is 12.5. The predicted octanol–water partition coefficient (Wildman–Crippen LogP) is 6.88. The number of aliphatic hydroxyl groups is 1. The second-order valence-electron chi connectivity index (χ2n) is 10.5. The standard InChI is InChI=1S/C30H36N4O3/c1-29(2,3)37-28(36)32-27(26(35)21-30(4,33-34-31)24-18-12-7-13-19-24)25(23-16-10-6-11-17-23)20-22-14-8-5-9-15-22/h5-19,25-27,35H,20-21H2,1-4H3,(H,32,36)/t25?,26-,27-,30-/m0/s1. The molecule has 2 N–H and O–H groups in total. The zero-order chi connectivity index (χ0) is 26.9. The number of alkyl carbamates (subject to hydrolysis) is 1. The van der Waals surface area contributed by atoms with Gasteiger partial charge in [-0.1, -0.05) is 96.1 Å². The Hall–Kier alpha value is -3.80. The number of nitrogens with zero attached hydrogens (tertiary/aromatic N) is 3. The molecule has 0 spiro atoms. The van der Waals surface area contributed by atoms with E-state index in [9.17, 15) is 15.4 Å². The lowest BCUT2D eigenvalue weighted by molar-refractivity contribution is 0.0348. The van der Waals surface area contributed by atoms with Crippen molar-refractivity contribution in [1.82, 2.24) is 5.32 Å². The van der Waals surface area contributed by atoms with Gasteiger partial charge in [0.05, 0.1) is 17.7 Å². The molecular weight excluding hydrogens is 464 g/mol. The van der Waals surface area contributed by atoms with Crippen molar-refractivity contribution in [2.45, 2.75) is 69.7 Å². The fourth-order valence-electron chi connectivity index (χ4n) is 4.58. The van der Waals surface area contributed by atoms with Gasteiger partial charge >= 0.3 is 6.09 Å². The molecule has 0 saturated carbocycles. The fourth-order valence-corrected chi connectivity index (χ4v) is 4.58. The first-order valence-corrected chi connectivity index (χ1v) is 12.5. The second kappa shape index (κ2) is 12.4. The Morgan fingerprint density at radius 2 is 1.49 bits per heavy atom. The summed E-state index contributed by atoms with van der Waals surface area (Å²) >= 11 is 0.